The molecule has 0 aromatic rings. The van der Waals surface area contributed by atoms with Crippen molar-refractivity contribution in [3.8, 4) is 0 Å². The normalized spacial score (nSPS) is 11.6. The highest BCUT2D eigenvalue weighted by molar-refractivity contribution is 4.44. The topological polar surface area (TPSA) is 27.7 Å². The maximum atomic E-state index is 5.45. The van der Waals surface area contributed by atoms with Gasteiger partial charge in [0.05, 0.1) is 32.5 Å². The Bertz CT molecular complexity index is 119. The first-order valence-electron chi connectivity index (χ1n) is 6.40. The van der Waals surface area contributed by atoms with Crippen LogP contribution in [0.3, 0.4) is 0 Å². The molecule has 0 saturated carbocycles. The molecule has 16 heavy (non-hydrogen) atoms. The van der Waals surface area contributed by atoms with Crippen LogP contribution in [0, 0.1) is 5.92 Å². The van der Waals surface area contributed by atoms with Crippen LogP contribution in [0.2, 0.25) is 0 Å². The van der Waals surface area contributed by atoms with Crippen LogP contribution in [0.1, 0.15) is 40.5 Å². The van der Waals surface area contributed by atoms with E-state index in [0.29, 0.717) is 26.4 Å². The molecule has 3 heteroatoms. The van der Waals surface area contributed by atoms with E-state index < -0.39 is 0 Å². The second kappa shape index (κ2) is 11.4. The van der Waals surface area contributed by atoms with E-state index >= 15 is 0 Å². The Hall–Kier alpha value is -0.120. The van der Waals surface area contributed by atoms with Crippen LogP contribution in [-0.2, 0) is 14.2 Å². The first kappa shape index (κ1) is 15.9. The lowest BCUT2D eigenvalue weighted by Crippen LogP contribution is -2.12. The van der Waals surface area contributed by atoms with E-state index in [2.05, 4.69) is 13.8 Å². The minimum absolute atomic E-state index is 0.288. The highest BCUT2D eigenvalue weighted by atomic mass is 16.5. The van der Waals surface area contributed by atoms with E-state index in [1.54, 1.807) is 0 Å². The van der Waals surface area contributed by atoms with Crippen molar-refractivity contribution < 1.29 is 14.2 Å². The molecule has 0 rings (SSSR count). The summed E-state index contributed by atoms with van der Waals surface area (Å²) in [5.41, 5.74) is 0. The Labute approximate surface area is 100 Å². The smallest absolute Gasteiger partial charge is 0.0703 e. The Kier molecular flexibility index (Phi) is 11.3. The molecule has 0 heterocycles. The molecule has 98 valence electrons. The van der Waals surface area contributed by atoms with Gasteiger partial charge in [0.25, 0.3) is 0 Å². The third kappa shape index (κ3) is 13.9. The van der Waals surface area contributed by atoms with Crippen molar-refractivity contribution in [3.63, 3.8) is 0 Å². The molecule has 0 amide bonds. The van der Waals surface area contributed by atoms with Gasteiger partial charge in [-0.3, -0.25) is 0 Å². The summed E-state index contributed by atoms with van der Waals surface area (Å²) in [6, 6.07) is 0. The molecule has 0 fully saturated rings. The van der Waals surface area contributed by atoms with E-state index in [9.17, 15) is 0 Å². The maximum absolute atomic E-state index is 5.45. The molecule has 0 aromatic carbocycles. The lowest BCUT2D eigenvalue weighted by molar-refractivity contribution is -0.00202. The molecule has 0 radical (unpaired) electrons. The van der Waals surface area contributed by atoms with Crippen molar-refractivity contribution in [2.75, 3.05) is 33.0 Å². The third-order valence-electron chi connectivity index (χ3n) is 2.12. The molecular formula is C13H28O3. The zero-order valence-corrected chi connectivity index (χ0v) is 11.3. The van der Waals surface area contributed by atoms with Gasteiger partial charge in [-0.15, -0.1) is 0 Å². The first-order chi connectivity index (χ1) is 7.63. The van der Waals surface area contributed by atoms with Crippen LogP contribution in [0.15, 0.2) is 0 Å². The van der Waals surface area contributed by atoms with Crippen LogP contribution < -0.4 is 0 Å². The van der Waals surface area contributed by atoms with Crippen molar-refractivity contribution in [1.29, 1.82) is 0 Å². The van der Waals surface area contributed by atoms with Crippen LogP contribution in [0.4, 0.5) is 0 Å². The molecule has 3 nitrogen and oxygen atoms in total. The Morgan fingerprint density at radius 2 is 1.31 bits per heavy atom. The van der Waals surface area contributed by atoms with Gasteiger partial charge in [0.2, 0.25) is 0 Å². The SMILES string of the molecule is CC(C)CCCOCCOCCOC(C)C. The molecule has 0 spiro atoms. The molecule has 0 bridgehead atoms. The minimum Gasteiger partial charge on any atom is -0.379 e. The Balaban J connectivity index is 2.93. The highest BCUT2D eigenvalue weighted by Gasteiger charge is 1.95. The zero-order chi connectivity index (χ0) is 12.2. The fourth-order valence-corrected chi connectivity index (χ4v) is 1.26. The molecule has 0 aliphatic rings. The maximum Gasteiger partial charge on any atom is 0.0703 e. The summed E-state index contributed by atoms with van der Waals surface area (Å²) in [6.45, 7) is 12.1. The van der Waals surface area contributed by atoms with Gasteiger partial charge in [0, 0.05) is 6.61 Å². The summed E-state index contributed by atoms with van der Waals surface area (Å²) in [6.07, 6.45) is 2.67. The van der Waals surface area contributed by atoms with Gasteiger partial charge in [-0.2, -0.15) is 0 Å². The summed E-state index contributed by atoms with van der Waals surface area (Å²) < 4.78 is 16.2. The molecular weight excluding hydrogens is 204 g/mol. The van der Waals surface area contributed by atoms with Gasteiger partial charge < -0.3 is 14.2 Å². The second-order valence-electron chi connectivity index (χ2n) is 4.68. The quantitative estimate of drug-likeness (QED) is 0.513. The monoisotopic (exact) mass is 232 g/mol. The van der Waals surface area contributed by atoms with Crippen LogP contribution >= 0.6 is 0 Å². The van der Waals surface area contributed by atoms with Crippen molar-refractivity contribution in [1.82, 2.24) is 0 Å². The van der Waals surface area contributed by atoms with Crippen molar-refractivity contribution in [2.24, 2.45) is 5.92 Å². The first-order valence-corrected chi connectivity index (χ1v) is 6.40. The van der Waals surface area contributed by atoms with Crippen LogP contribution in [0.25, 0.3) is 0 Å². The Morgan fingerprint density at radius 1 is 0.750 bits per heavy atom. The average Bonchev–Trinajstić information content (AvgIpc) is 2.20. The predicted molar refractivity (Wildman–Crippen MR) is 66.8 cm³/mol. The zero-order valence-electron chi connectivity index (χ0n) is 11.3. The standard InChI is InChI=1S/C13H28O3/c1-12(2)6-5-7-14-8-9-15-10-11-16-13(3)4/h12-13H,5-11H2,1-4H3. The van der Waals surface area contributed by atoms with E-state index in [1.807, 2.05) is 13.8 Å². The fourth-order valence-electron chi connectivity index (χ4n) is 1.26. The van der Waals surface area contributed by atoms with Gasteiger partial charge in [-0.05, 0) is 32.6 Å². The summed E-state index contributed by atoms with van der Waals surface area (Å²) in [5, 5.41) is 0. The molecule has 0 N–H and O–H groups in total. The largest absolute Gasteiger partial charge is 0.379 e. The molecule has 0 aliphatic heterocycles. The number of ether oxygens (including phenoxy) is 3. The van der Waals surface area contributed by atoms with Crippen LogP contribution in [0.5, 0.6) is 0 Å². The summed E-state index contributed by atoms with van der Waals surface area (Å²) in [7, 11) is 0. The number of rotatable bonds is 11. The second-order valence-corrected chi connectivity index (χ2v) is 4.68. The summed E-state index contributed by atoms with van der Waals surface area (Å²) in [4.78, 5) is 0. The van der Waals surface area contributed by atoms with E-state index in [-0.39, 0.29) is 6.10 Å². The molecule has 0 atom stereocenters. The van der Waals surface area contributed by atoms with Crippen molar-refractivity contribution in [2.45, 2.75) is 46.6 Å². The lowest BCUT2D eigenvalue weighted by atomic mass is 10.1. The van der Waals surface area contributed by atoms with Gasteiger partial charge in [-0.1, -0.05) is 13.8 Å². The van der Waals surface area contributed by atoms with E-state index in [4.69, 9.17) is 14.2 Å². The van der Waals surface area contributed by atoms with Gasteiger partial charge in [0.15, 0.2) is 0 Å². The van der Waals surface area contributed by atoms with Crippen LogP contribution in [-0.4, -0.2) is 39.1 Å². The lowest BCUT2D eigenvalue weighted by Gasteiger charge is -2.09. The average molecular weight is 232 g/mol. The van der Waals surface area contributed by atoms with Crippen molar-refractivity contribution in [3.05, 3.63) is 0 Å². The molecule has 0 unspecified atom stereocenters. The van der Waals surface area contributed by atoms with Gasteiger partial charge in [0.1, 0.15) is 0 Å². The molecule has 0 saturated heterocycles. The fraction of sp³-hybridized carbons (Fsp3) is 1.00. The molecule has 0 aliphatic carbocycles. The van der Waals surface area contributed by atoms with Crippen molar-refractivity contribution >= 4 is 0 Å². The highest BCUT2D eigenvalue weighted by Crippen LogP contribution is 2.02. The predicted octanol–water partition coefficient (Wildman–Crippen LogP) is 2.88. The van der Waals surface area contributed by atoms with E-state index in [0.717, 1.165) is 18.9 Å². The number of hydrogen-bond acceptors (Lipinski definition) is 3. The van der Waals surface area contributed by atoms with Gasteiger partial charge >= 0.3 is 0 Å². The number of hydrogen-bond donors (Lipinski definition) is 0. The summed E-state index contributed by atoms with van der Waals surface area (Å²) in [5.74, 6) is 0.771. The Morgan fingerprint density at radius 3 is 1.88 bits per heavy atom. The third-order valence-corrected chi connectivity index (χ3v) is 2.12. The molecule has 0 aromatic heterocycles. The summed E-state index contributed by atoms with van der Waals surface area (Å²) >= 11 is 0. The van der Waals surface area contributed by atoms with E-state index in [1.165, 1.54) is 6.42 Å². The van der Waals surface area contributed by atoms with Gasteiger partial charge in [-0.25, -0.2) is 0 Å². The minimum atomic E-state index is 0.288.